The molecule has 1 aliphatic rings. The Labute approximate surface area is 145 Å². The number of nitrogens with zero attached hydrogens (tertiary/aromatic N) is 2. The number of benzene rings is 1. The highest BCUT2D eigenvalue weighted by molar-refractivity contribution is 7.98. The number of unbranched alkanes of at least 4 members (excludes halogenated alkanes) is 1. The van der Waals surface area contributed by atoms with E-state index >= 15 is 0 Å². The first-order valence-electron chi connectivity index (χ1n) is 8.50. The van der Waals surface area contributed by atoms with Gasteiger partial charge in [-0.2, -0.15) is 11.8 Å². The normalized spacial score (nSPS) is 18.3. The van der Waals surface area contributed by atoms with Crippen molar-refractivity contribution >= 4 is 23.4 Å². The molecule has 1 fully saturated rings. The Balaban J connectivity index is 1.74. The van der Waals surface area contributed by atoms with Crippen molar-refractivity contribution in [3.63, 3.8) is 0 Å². The highest BCUT2D eigenvalue weighted by Crippen LogP contribution is 2.20. The van der Waals surface area contributed by atoms with E-state index in [0.717, 1.165) is 32.0 Å². The molecule has 0 amide bonds. The van der Waals surface area contributed by atoms with Crippen LogP contribution in [0.3, 0.4) is 0 Å². The molecular formula is C18H30N4S. The van der Waals surface area contributed by atoms with Gasteiger partial charge in [0.25, 0.3) is 0 Å². The van der Waals surface area contributed by atoms with E-state index in [2.05, 4.69) is 58.0 Å². The second-order valence-electron chi connectivity index (χ2n) is 6.11. The molecule has 5 heteroatoms. The predicted octanol–water partition coefficient (Wildman–Crippen LogP) is 2.88. The summed E-state index contributed by atoms with van der Waals surface area (Å²) in [7, 11) is 1.85. The molecule has 1 atom stereocenters. The van der Waals surface area contributed by atoms with Gasteiger partial charge in [0.05, 0.1) is 0 Å². The summed E-state index contributed by atoms with van der Waals surface area (Å²) in [6.07, 6.45) is 5.77. The molecule has 1 heterocycles. The van der Waals surface area contributed by atoms with Crippen molar-refractivity contribution in [3.8, 4) is 0 Å². The molecule has 2 rings (SSSR count). The number of thioether (sulfide) groups is 1. The Bertz CT molecular complexity index is 486. The second-order valence-corrected chi connectivity index (χ2v) is 7.10. The van der Waals surface area contributed by atoms with E-state index in [-0.39, 0.29) is 0 Å². The first-order valence-corrected chi connectivity index (χ1v) is 9.90. The van der Waals surface area contributed by atoms with E-state index in [0.29, 0.717) is 6.04 Å². The van der Waals surface area contributed by atoms with E-state index in [1.54, 1.807) is 0 Å². The molecule has 1 saturated heterocycles. The Hall–Kier alpha value is -1.36. The molecule has 1 unspecified atom stereocenters. The number of aryl methyl sites for hydroxylation is 1. The van der Waals surface area contributed by atoms with Gasteiger partial charge in [-0.1, -0.05) is 17.7 Å². The van der Waals surface area contributed by atoms with Crippen molar-refractivity contribution < 1.29 is 0 Å². The van der Waals surface area contributed by atoms with Gasteiger partial charge in [-0.3, -0.25) is 4.99 Å². The fraction of sp³-hybridized carbons (Fsp3) is 0.611. The first kappa shape index (κ1) is 18.0. The molecule has 0 aromatic heterocycles. The molecule has 2 N–H and O–H groups in total. The molecule has 0 radical (unpaired) electrons. The average Bonchev–Trinajstić information content (AvgIpc) is 3.02. The maximum absolute atomic E-state index is 4.35. The molecule has 1 aromatic carbocycles. The minimum Gasteiger partial charge on any atom is -0.369 e. The molecule has 0 spiro atoms. The summed E-state index contributed by atoms with van der Waals surface area (Å²) in [5, 5.41) is 6.99. The summed E-state index contributed by atoms with van der Waals surface area (Å²) in [4.78, 5) is 6.80. The maximum Gasteiger partial charge on any atom is 0.191 e. The second kappa shape index (κ2) is 9.71. The van der Waals surface area contributed by atoms with Crippen molar-refractivity contribution in [2.24, 2.45) is 4.99 Å². The first-order chi connectivity index (χ1) is 11.2. The third kappa shape index (κ3) is 5.98. The summed E-state index contributed by atoms with van der Waals surface area (Å²) in [5.41, 5.74) is 2.63. The lowest BCUT2D eigenvalue weighted by Gasteiger charge is -2.20. The van der Waals surface area contributed by atoms with E-state index in [9.17, 15) is 0 Å². The minimum atomic E-state index is 0.466. The zero-order valence-electron chi connectivity index (χ0n) is 14.6. The summed E-state index contributed by atoms with van der Waals surface area (Å²) >= 11 is 1.91. The van der Waals surface area contributed by atoms with Crippen molar-refractivity contribution in [2.45, 2.75) is 32.2 Å². The summed E-state index contributed by atoms with van der Waals surface area (Å²) in [6, 6.07) is 9.28. The van der Waals surface area contributed by atoms with Gasteiger partial charge in [0.15, 0.2) is 5.96 Å². The quantitative estimate of drug-likeness (QED) is 0.457. The summed E-state index contributed by atoms with van der Waals surface area (Å²) in [5.74, 6) is 2.17. The lowest BCUT2D eigenvalue weighted by atomic mass is 10.2. The number of anilines is 1. The van der Waals surface area contributed by atoms with Crippen molar-refractivity contribution in [2.75, 3.05) is 43.6 Å². The Morgan fingerprint density at radius 3 is 2.78 bits per heavy atom. The van der Waals surface area contributed by atoms with Crippen LogP contribution >= 0.6 is 11.8 Å². The Kier molecular flexibility index (Phi) is 7.59. The fourth-order valence-corrected chi connectivity index (χ4v) is 3.33. The van der Waals surface area contributed by atoms with Crippen LogP contribution in [0.2, 0.25) is 0 Å². The van der Waals surface area contributed by atoms with Crippen molar-refractivity contribution in [1.29, 1.82) is 0 Å². The third-order valence-electron chi connectivity index (χ3n) is 4.22. The van der Waals surface area contributed by atoms with E-state index < -0.39 is 0 Å². The van der Waals surface area contributed by atoms with Crippen LogP contribution in [0.5, 0.6) is 0 Å². The smallest absolute Gasteiger partial charge is 0.191 e. The van der Waals surface area contributed by atoms with Gasteiger partial charge in [-0.05, 0) is 50.3 Å². The Morgan fingerprint density at radius 1 is 1.30 bits per heavy atom. The van der Waals surface area contributed by atoms with E-state index in [4.69, 9.17) is 0 Å². The zero-order chi connectivity index (χ0) is 16.5. The highest BCUT2D eigenvalue weighted by Gasteiger charge is 2.23. The minimum absolute atomic E-state index is 0.466. The molecule has 128 valence electrons. The number of guanidine groups is 1. The standard InChI is InChI=1S/C18H30N4S/c1-15-6-8-17(9-7-15)22-12-10-16(14-22)21-18(19-2)20-11-4-5-13-23-3/h6-9,16H,4-5,10-14H2,1-3H3,(H2,19,20,21). The lowest BCUT2D eigenvalue weighted by Crippen LogP contribution is -2.44. The fourth-order valence-electron chi connectivity index (χ4n) is 2.83. The third-order valence-corrected chi connectivity index (χ3v) is 4.92. The molecule has 0 aliphatic carbocycles. The van der Waals surface area contributed by atoms with Gasteiger partial charge >= 0.3 is 0 Å². The van der Waals surface area contributed by atoms with Crippen LogP contribution in [-0.4, -0.2) is 50.7 Å². The van der Waals surface area contributed by atoms with Gasteiger partial charge in [-0.15, -0.1) is 0 Å². The van der Waals surface area contributed by atoms with E-state index in [1.165, 1.54) is 29.8 Å². The van der Waals surface area contributed by atoms with Crippen LogP contribution in [0.25, 0.3) is 0 Å². The number of hydrogen-bond donors (Lipinski definition) is 2. The molecule has 1 aliphatic heterocycles. The summed E-state index contributed by atoms with van der Waals surface area (Å²) in [6.45, 7) is 5.27. The topological polar surface area (TPSA) is 39.7 Å². The van der Waals surface area contributed by atoms with Gasteiger partial charge in [0, 0.05) is 38.4 Å². The molecule has 23 heavy (non-hydrogen) atoms. The van der Waals surface area contributed by atoms with Crippen LogP contribution < -0.4 is 15.5 Å². The van der Waals surface area contributed by atoms with Gasteiger partial charge < -0.3 is 15.5 Å². The van der Waals surface area contributed by atoms with Crippen LogP contribution in [0, 0.1) is 6.92 Å². The number of hydrogen-bond acceptors (Lipinski definition) is 3. The van der Waals surface area contributed by atoms with Crippen LogP contribution in [-0.2, 0) is 0 Å². The van der Waals surface area contributed by atoms with Crippen molar-refractivity contribution in [1.82, 2.24) is 10.6 Å². The van der Waals surface area contributed by atoms with Gasteiger partial charge in [0.2, 0.25) is 0 Å². The monoisotopic (exact) mass is 334 g/mol. The molecule has 0 bridgehead atoms. The molecule has 0 saturated carbocycles. The largest absolute Gasteiger partial charge is 0.369 e. The summed E-state index contributed by atoms with van der Waals surface area (Å²) < 4.78 is 0. The number of aliphatic imine (C=N–C) groups is 1. The van der Waals surface area contributed by atoms with Crippen LogP contribution in [0.15, 0.2) is 29.3 Å². The van der Waals surface area contributed by atoms with Crippen LogP contribution in [0.4, 0.5) is 5.69 Å². The van der Waals surface area contributed by atoms with E-state index in [1.807, 2.05) is 18.8 Å². The zero-order valence-corrected chi connectivity index (χ0v) is 15.5. The van der Waals surface area contributed by atoms with Gasteiger partial charge in [0.1, 0.15) is 0 Å². The molecule has 4 nitrogen and oxygen atoms in total. The van der Waals surface area contributed by atoms with Gasteiger partial charge in [-0.25, -0.2) is 0 Å². The molecular weight excluding hydrogens is 304 g/mol. The average molecular weight is 335 g/mol. The SMILES string of the molecule is CN=C(NCCCCSC)NC1CCN(c2ccc(C)cc2)C1. The predicted molar refractivity (Wildman–Crippen MR) is 104 cm³/mol. The molecule has 1 aromatic rings. The number of nitrogens with one attached hydrogen (secondary N) is 2. The van der Waals surface area contributed by atoms with Crippen molar-refractivity contribution in [3.05, 3.63) is 29.8 Å². The Morgan fingerprint density at radius 2 is 2.09 bits per heavy atom. The maximum atomic E-state index is 4.35. The highest BCUT2D eigenvalue weighted by atomic mass is 32.2. The van der Waals surface area contributed by atoms with Crippen LogP contribution in [0.1, 0.15) is 24.8 Å². The number of rotatable bonds is 7. The lowest BCUT2D eigenvalue weighted by molar-refractivity contribution is 0.642.